The van der Waals surface area contributed by atoms with Crippen LogP contribution in [0.1, 0.15) is 36.0 Å². The topological polar surface area (TPSA) is 54.5 Å². The molecule has 1 heterocycles. The van der Waals surface area contributed by atoms with Crippen molar-refractivity contribution in [3.63, 3.8) is 0 Å². The monoisotopic (exact) mass is 345 g/mol. The van der Waals surface area contributed by atoms with Gasteiger partial charge in [-0.1, -0.05) is 40.9 Å². The van der Waals surface area contributed by atoms with E-state index in [1.54, 1.807) is 18.2 Å². The maximum atomic E-state index is 12.2. The fraction of sp³-hybridized carbons (Fsp3) is 0.462. The van der Waals surface area contributed by atoms with Crippen LogP contribution in [0.25, 0.3) is 0 Å². The van der Waals surface area contributed by atoms with Crippen LogP contribution in [0, 0.1) is 0 Å². The van der Waals surface area contributed by atoms with Gasteiger partial charge in [-0.15, -0.1) is 0 Å². The molecule has 4 nitrogen and oxygen atoms in total. The summed E-state index contributed by atoms with van der Waals surface area (Å²) in [5, 5.41) is 0.958. The van der Waals surface area contributed by atoms with Crippen LogP contribution in [0.3, 0.4) is 0 Å². The fourth-order valence-corrected chi connectivity index (χ4v) is 4.16. The van der Waals surface area contributed by atoms with Gasteiger partial charge in [0.25, 0.3) is 15.9 Å². The largest absolute Gasteiger partial charge is 0.269 e. The molecule has 0 atom stereocenters. The van der Waals surface area contributed by atoms with Gasteiger partial charge in [-0.2, -0.15) is 0 Å². The van der Waals surface area contributed by atoms with Gasteiger partial charge in [0.1, 0.15) is 4.90 Å². The first-order chi connectivity index (χ1) is 9.09. The zero-order valence-electron chi connectivity index (χ0n) is 10.5. The summed E-state index contributed by atoms with van der Waals surface area (Å²) in [6.07, 6.45) is 3.76. The Morgan fingerprint density at radius 1 is 1.05 bits per heavy atom. The van der Waals surface area contributed by atoms with E-state index in [4.69, 9.17) is 0 Å². The van der Waals surface area contributed by atoms with Gasteiger partial charge in [-0.25, -0.2) is 12.7 Å². The lowest BCUT2D eigenvalue weighted by Crippen LogP contribution is -2.30. The highest BCUT2D eigenvalue weighted by Crippen LogP contribution is 2.30. The molecule has 0 aromatic heterocycles. The van der Waals surface area contributed by atoms with Crippen molar-refractivity contribution in [1.29, 1.82) is 0 Å². The molecule has 0 unspecified atom stereocenters. The standard InChI is InChI=1S/C13H16BrNO3S/c14-9-5-1-2-6-10-15-13(16)11-7-3-4-8-12(11)19(15,17)18/h3-4,7-8H,1-2,5-6,9-10H2. The van der Waals surface area contributed by atoms with E-state index in [1.807, 2.05) is 0 Å². The minimum Gasteiger partial charge on any atom is -0.268 e. The molecular weight excluding hydrogens is 330 g/mol. The summed E-state index contributed by atoms with van der Waals surface area (Å²) in [6.45, 7) is 0.276. The van der Waals surface area contributed by atoms with Crippen molar-refractivity contribution < 1.29 is 13.2 Å². The van der Waals surface area contributed by atoms with Crippen molar-refractivity contribution in [3.05, 3.63) is 29.8 Å². The van der Waals surface area contributed by atoms with E-state index in [-0.39, 0.29) is 11.4 Å². The van der Waals surface area contributed by atoms with Crippen LogP contribution in [0.5, 0.6) is 0 Å². The third kappa shape index (κ3) is 2.84. The Kier molecular flexibility index (Phi) is 4.62. The Hall–Kier alpha value is -0.880. The second-order valence-corrected chi connectivity index (χ2v) is 7.11. The molecule has 0 radical (unpaired) electrons. The van der Waals surface area contributed by atoms with Crippen LogP contribution in [0.15, 0.2) is 29.2 Å². The van der Waals surface area contributed by atoms with E-state index in [2.05, 4.69) is 15.9 Å². The summed E-state index contributed by atoms with van der Waals surface area (Å²) >= 11 is 3.35. The summed E-state index contributed by atoms with van der Waals surface area (Å²) < 4.78 is 25.4. The van der Waals surface area contributed by atoms with Crippen molar-refractivity contribution in [1.82, 2.24) is 4.31 Å². The second kappa shape index (κ2) is 6.05. The van der Waals surface area contributed by atoms with E-state index < -0.39 is 15.9 Å². The highest BCUT2D eigenvalue weighted by molar-refractivity contribution is 9.09. The van der Waals surface area contributed by atoms with E-state index in [0.29, 0.717) is 12.0 Å². The Morgan fingerprint density at radius 2 is 1.74 bits per heavy atom. The lowest BCUT2D eigenvalue weighted by Gasteiger charge is -2.14. The normalized spacial score (nSPS) is 16.7. The molecule has 1 aliphatic heterocycles. The summed E-state index contributed by atoms with van der Waals surface area (Å²) in [5.41, 5.74) is 0.294. The molecule has 19 heavy (non-hydrogen) atoms. The molecule has 1 aliphatic rings. The van der Waals surface area contributed by atoms with Crippen LogP contribution >= 0.6 is 15.9 Å². The van der Waals surface area contributed by atoms with Crippen LogP contribution in [-0.2, 0) is 10.0 Å². The first kappa shape index (κ1) is 14.5. The van der Waals surface area contributed by atoms with Crippen molar-refractivity contribution in [2.24, 2.45) is 0 Å². The number of hydrogen-bond donors (Lipinski definition) is 0. The summed E-state index contributed by atoms with van der Waals surface area (Å²) in [6, 6.07) is 6.39. The molecule has 1 amide bonds. The van der Waals surface area contributed by atoms with E-state index in [0.717, 1.165) is 28.9 Å². The van der Waals surface area contributed by atoms with Crippen LogP contribution in [0.4, 0.5) is 0 Å². The van der Waals surface area contributed by atoms with Gasteiger partial charge in [-0.3, -0.25) is 4.79 Å². The summed E-state index contributed by atoms with van der Waals surface area (Å²) in [4.78, 5) is 12.2. The zero-order chi connectivity index (χ0) is 13.9. The summed E-state index contributed by atoms with van der Waals surface area (Å²) in [7, 11) is -3.61. The molecule has 6 heteroatoms. The maximum Gasteiger partial charge on any atom is 0.269 e. The fourth-order valence-electron chi connectivity index (χ4n) is 2.16. The van der Waals surface area contributed by atoms with Gasteiger partial charge < -0.3 is 0 Å². The number of sulfonamides is 1. The van der Waals surface area contributed by atoms with Gasteiger partial charge >= 0.3 is 0 Å². The number of hydrogen-bond acceptors (Lipinski definition) is 3. The number of unbranched alkanes of at least 4 members (excludes halogenated alkanes) is 3. The van der Waals surface area contributed by atoms with Crippen LogP contribution in [0.2, 0.25) is 0 Å². The second-order valence-electron chi connectivity index (χ2n) is 4.48. The molecule has 0 spiro atoms. The first-order valence-corrected chi connectivity index (χ1v) is 8.87. The average Bonchev–Trinajstić information content (AvgIpc) is 2.60. The Bertz CT molecular complexity index is 571. The maximum absolute atomic E-state index is 12.2. The first-order valence-electron chi connectivity index (χ1n) is 6.31. The quantitative estimate of drug-likeness (QED) is 0.588. The van der Waals surface area contributed by atoms with Gasteiger partial charge in [0.2, 0.25) is 0 Å². The number of alkyl halides is 1. The number of nitrogens with zero attached hydrogens (tertiary/aromatic N) is 1. The number of fused-ring (bicyclic) bond motifs is 1. The molecular formula is C13H16BrNO3S. The van der Waals surface area contributed by atoms with Crippen LogP contribution in [-0.4, -0.2) is 30.5 Å². The zero-order valence-corrected chi connectivity index (χ0v) is 12.9. The molecule has 104 valence electrons. The predicted molar refractivity (Wildman–Crippen MR) is 76.9 cm³/mol. The Morgan fingerprint density at radius 3 is 2.42 bits per heavy atom. The predicted octanol–water partition coefficient (Wildman–Crippen LogP) is 2.79. The molecule has 0 saturated carbocycles. The SMILES string of the molecule is O=C1c2ccccc2S(=O)(=O)N1CCCCCCBr. The van der Waals surface area contributed by atoms with Crippen molar-refractivity contribution >= 4 is 31.9 Å². The molecule has 0 aliphatic carbocycles. The highest BCUT2D eigenvalue weighted by atomic mass is 79.9. The minimum absolute atomic E-state index is 0.139. The van der Waals surface area contributed by atoms with E-state index in [9.17, 15) is 13.2 Å². The number of carbonyl (C=O) groups excluding carboxylic acids is 1. The average molecular weight is 346 g/mol. The number of rotatable bonds is 6. The van der Waals surface area contributed by atoms with Gasteiger partial charge in [0.05, 0.1) is 5.56 Å². The number of amides is 1. The molecule has 1 aromatic carbocycles. The molecule has 2 rings (SSSR count). The lowest BCUT2D eigenvalue weighted by atomic mass is 10.2. The van der Waals surface area contributed by atoms with E-state index >= 15 is 0 Å². The molecule has 0 saturated heterocycles. The van der Waals surface area contributed by atoms with Gasteiger partial charge in [0.15, 0.2) is 0 Å². The molecule has 0 bridgehead atoms. The minimum atomic E-state index is -3.61. The number of carbonyl (C=O) groups is 1. The highest BCUT2D eigenvalue weighted by Gasteiger charge is 2.40. The Balaban J connectivity index is 2.06. The van der Waals surface area contributed by atoms with Gasteiger partial charge in [0, 0.05) is 11.9 Å². The molecule has 0 fully saturated rings. The lowest BCUT2D eigenvalue weighted by molar-refractivity contribution is 0.0869. The number of benzene rings is 1. The molecule has 0 N–H and O–H groups in total. The van der Waals surface area contributed by atoms with E-state index in [1.165, 1.54) is 6.07 Å². The summed E-state index contributed by atoms with van der Waals surface area (Å²) in [5.74, 6) is -0.393. The van der Waals surface area contributed by atoms with Crippen LogP contribution < -0.4 is 0 Å². The van der Waals surface area contributed by atoms with Crippen molar-refractivity contribution in [2.75, 3.05) is 11.9 Å². The third-order valence-corrected chi connectivity index (χ3v) is 5.56. The Labute approximate surface area is 122 Å². The van der Waals surface area contributed by atoms with Crippen molar-refractivity contribution in [3.8, 4) is 0 Å². The smallest absolute Gasteiger partial charge is 0.268 e. The third-order valence-electron chi connectivity index (χ3n) is 3.16. The number of halogens is 1. The molecule has 1 aromatic rings. The van der Waals surface area contributed by atoms with Gasteiger partial charge in [-0.05, 0) is 25.0 Å². The van der Waals surface area contributed by atoms with Crippen molar-refractivity contribution in [2.45, 2.75) is 30.6 Å².